The number of hydrogen-bond donors (Lipinski definition) is 4. The Balaban J connectivity index is 0.000000723. The molecule has 2 aliphatic heterocycles. The van der Waals surface area contributed by atoms with Crippen molar-refractivity contribution in [2.45, 2.75) is 96.0 Å². The predicted molar refractivity (Wildman–Crippen MR) is 186 cm³/mol. The number of nitrogens with one attached hydrogen (secondary N) is 2. The molecule has 2 saturated heterocycles. The van der Waals surface area contributed by atoms with Crippen LogP contribution in [0.2, 0.25) is 0 Å². The highest BCUT2D eigenvalue weighted by Gasteiger charge is 2.39. The predicted octanol–water partition coefficient (Wildman–Crippen LogP) is 3.87. The third kappa shape index (κ3) is 15.2. The number of benzene rings is 1. The van der Waals surface area contributed by atoms with E-state index in [-0.39, 0.29) is 24.5 Å². The average molecular weight is 705 g/mol. The molecule has 3 fully saturated rings. The summed E-state index contributed by atoms with van der Waals surface area (Å²) < 4.78 is 11.6. The summed E-state index contributed by atoms with van der Waals surface area (Å²) in [6.07, 6.45) is 8.32. The Morgan fingerprint density at radius 1 is 0.959 bits per heavy atom. The van der Waals surface area contributed by atoms with Crippen molar-refractivity contribution < 1.29 is 43.7 Å². The van der Waals surface area contributed by atoms with Crippen molar-refractivity contribution in [1.29, 1.82) is 0 Å². The minimum absolute atomic E-state index is 0.0487. The minimum Gasteiger partial charge on any atom is -0.478 e. The van der Waals surface area contributed by atoms with Gasteiger partial charge in [-0.05, 0) is 57.9 Å². The number of amides is 3. The number of aliphatic carboxylic acids is 2. The second kappa shape index (κ2) is 20.1. The monoisotopic (exact) mass is 704 g/mol. The molecule has 0 unspecified atom stereocenters. The highest BCUT2D eigenvalue weighted by atomic mass is 32.2. The average Bonchev–Trinajstić information content (AvgIpc) is 3.56. The van der Waals surface area contributed by atoms with Gasteiger partial charge in [0.25, 0.3) is 0 Å². The van der Waals surface area contributed by atoms with Gasteiger partial charge in [-0.2, -0.15) is 0 Å². The normalized spacial score (nSPS) is 19.8. The molecule has 13 nitrogen and oxygen atoms in total. The zero-order valence-electron chi connectivity index (χ0n) is 28.8. The van der Waals surface area contributed by atoms with Crippen molar-refractivity contribution in [3.05, 3.63) is 48.0 Å². The van der Waals surface area contributed by atoms with Crippen molar-refractivity contribution in [2.75, 3.05) is 37.9 Å². The first kappa shape index (κ1) is 39.8. The van der Waals surface area contributed by atoms with Crippen molar-refractivity contribution >= 4 is 41.6 Å². The lowest BCUT2D eigenvalue weighted by molar-refractivity contribution is -0.134. The fourth-order valence-corrected chi connectivity index (χ4v) is 6.98. The molecule has 1 aromatic rings. The van der Waals surface area contributed by atoms with Crippen LogP contribution in [0.4, 0.5) is 4.79 Å². The molecule has 4 rings (SSSR count). The number of carboxylic acids is 2. The van der Waals surface area contributed by atoms with Gasteiger partial charge in [0, 0.05) is 50.2 Å². The van der Waals surface area contributed by atoms with E-state index in [9.17, 15) is 24.0 Å². The quantitative estimate of drug-likeness (QED) is 0.233. The maximum Gasteiger partial charge on any atom is 0.411 e. The van der Waals surface area contributed by atoms with Crippen molar-refractivity contribution in [3.63, 3.8) is 0 Å². The number of carbonyl (C=O) groups excluding carboxylic acids is 3. The summed E-state index contributed by atoms with van der Waals surface area (Å²) in [6, 6.07) is 8.97. The summed E-state index contributed by atoms with van der Waals surface area (Å²) in [5, 5.41) is 21.7. The lowest BCUT2D eigenvalue weighted by Crippen LogP contribution is -2.57. The van der Waals surface area contributed by atoms with Crippen LogP contribution in [0, 0.1) is 5.92 Å². The van der Waals surface area contributed by atoms with Crippen LogP contribution in [0.25, 0.3) is 0 Å². The van der Waals surface area contributed by atoms with E-state index < -0.39 is 35.7 Å². The fraction of sp³-hybridized carbons (Fsp3) is 0.629. The van der Waals surface area contributed by atoms with Gasteiger partial charge in [-0.3, -0.25) is 19.4 Å². The van der Waals surface area contributed by atoms with E-state index in [1.54, 1.807) is 20.8 Å². The molecule has 1 aliphatic carbocycles. The van der Waals surface area contributed by atoms with Gasteiger partial charge in [0.2, 0.25) is 11.8 Å². The third-order valence-electron chi connectivity index (χ3n) is 8.36. The maximum absolute atomic E-state index is 13.5. The second-order valence-electron chi connectivity index (χ2n) is 13.6. The summed E-state index contributed by atoms with van der Waals surface area (Å²) in [4.78, 5) is 62.6. The number of ether oxygens (including phenoxy) is 2. The summed E-state index contributed by atoms with van der Waals surface area (Å²) in [6.45, 7) is 8.84. The fourth-order valence-electron chi connectivity index (χ4n) is 5.84. The molecule has 0 radical (unpaired) electrons. The molecule has 4 N–H and O–H groups in total. The summed E-state index contributed by atoms with van der Waals surface area (Å²) >= 11 is 1.50. The SMILES string of the molecule is CC(C)(C)OC(=O)N1CSC[C@H]1C(=O)N[C@@H](COCC1CCCCC1)C(=O)NC1CCN(Cc2ccccc2)CC1.O=C(O)/C=C/C(=O)O. The highest BCUT2D eigenvalue weighted by molar-refractivity contribution is 7.99. The van der Waals surface area contributed by atoms with E-state index in [4.69, 9.17) is 19.7 Å². The number of carboxylic acid groups (broad SMARTS) is 2. The molecule has 1 saturated carbocycles. The molecule has 0 spiro atoms. The lowest BCUT2D eigenvalue weighted by atomic mass is 9.90. The van der Waals surface area contributed by atoms with Crippen LogP contribution >= 0.6 is 11.8 Å². The summed E-state index contributed by atoms with van der Waals surface area (Å²) in [5.74, 6) is -1.74. The van der Waals surface area contributed by atoms with Crippen LogP contribution in [0.3, 0.4) is 0 Å². The van der Waals surface area contributed by atoms with E-state index in [1.807, 2.05) is 6.07 Å². The first-order chi connectivity index (χ1) is 23.3. The van der Waals surface area contributed by atoms with Gasteiger partial charge in [0.1, 0.15) is 17.7 Å². The lowest BCUT2D eigenvalue weighted by Gasteiger charge is -2.33. The van der Waals surface area contributed by atoms with Gasteiger partial charge in [0.15, 0.2) is 0 Å². The smallest absolute Gasteiger partial charge is 0.411 e. The van der Waals surface area contributed by atoms with Crippen LogP contribution in [-0.2, 0) is 35.2 Å². The van der Waals surface area contributed by atoms with E-state index in [1.165, 1.54) is 41.5 Å². The van der Waals surface area contributed by atoms with Crippen LogP contribution in [-0.4, -0.2) is 112 Å². The Morgan fingerprint density at radius 3 is 2.18 bits per heavy atom. The molecule has 1 aromatic carbocycles. The molecule has 49 heavy (non-hydrogen) atoms. The van der Waals surface area contributed by atoms with E-state index in [0.29, 0.717) is 36.3 Å². The Morgan fingerprint density at radius 2 is 1.59 bits per heavy atom. The van der Waals surface area contributed by atoms with Crippen LogP contribution in [0.1, 0.15) is 71.3 Å². The second-order valence-corrected chi connectivity index (χ2v) is 14.6. The molecule has 3 aliphatic rings. The molecule has 0 bridgehead atoms. The molecule has 272 valence electrons. The number of hydrogen-bond acceptors (Lipinski definition) is 9. The number of likely N-dealkylation sites (tertiary alicyclic amines) is 1. The topological polar surface area (TPSA) is 175 Å². The zero-order chi connectivity index (χ0) is 35.8. The molecular formula is C35H52N4O9S. The van der Waals surface area contributed by atoms with Gasteiger partial charge in [0.05, 0.1) is 12.5 Å². The Labute approximate surface area is 293 Å². The van der Waals surface area contributed by atoms with Gasteiger partial charge >= 0.3 is 18.0 Å². The number of thioether (sulfide) groups is 1. The summed E-state index contributed by atoms with van der Waals surface area (Å²) in [7, 11) is 0. The van der Waals surface area contributed by atoms with Crippen LogP contribution < -0.4 is 10.6 Å². The standard InChI is InChI=1S/C31H48N4O5S.C4H4O4/c1-31(2,3)40-30(38)35-22-41-21-27(35)29(37)33-26(20-39-19-24-12-8-5-9-13-24)28(36)32-25-14-16-34(17-15-25)18-23-10-6-4-7-11-23;5-3(6)1-2-4(7)8/h4,6-7,10-11,24-27H,5,8-9,12-22H2,1-3H3,(H,32,36)(H,33,37);1-2H,(H,5,6)(H,7,8)/b;2-1+/t26-,27-;/m0./s1. The Hall–Kier alpha value is -3.62. The molecule has 2 heterocycles. The first-order valence-electron chi connectivity index (χ1n) is 17.0. The van der Waals surface area contributed by atoms with E-state index >= 15 is 0 Å². The van der Waals surface area contributed by atoms with Gasteiger partial charge < -0.3 is 30.3 Å². The third-order valence-corrected chi connectivity index (χ3v) is 9.37. The number of piperidine rings is 1. The number of rotatable bonds is 12. The van der Waals surface area contributed by atoms with Crippen molar-refractivity contribution in [2.24, 2.45) is 5.92 Å². The molecule has 3 amide bonds. The van der Waals surface area contributed by atoms with Gasteiger partial charge in [-0.1, -0.05) is 49.6 Å². The van der Waals surface area contributed by atoms with Gasteiger partial charge in [-0.25, -0.2) is 14.4 Å². The zero-order valence-corrected chi connectivity index (χ0v) is 29.6. The Kier molecular flexibility index (Phi) is 16.4. The van der Waals surface area contributed by atoms with Gasteiger partial charge in [-0.15, -0.1) is 11.8 Å². The first-order valence-corrected chi connectivity index (χ1v) is 18.1. The number of carbonyl (C=O) groups is 5. The van der Waals surface area contributed by atoms with Crippen LogP contribution in [0.5, 0.6) is 0 Å². The van der Waals surface area contributed by atoms with Crippen molar-refractivity contribution in [3.8, 4) is 0 Å². The van der Waals surface area contributed by atoms with E-state index in [0.717, 1.165) is 45.3 Å². The highest BCUT2D eigenvalue weighted by Crippen LogP contribution is 2.25. The minimum atomic E-state index is -1.26. The van der Waals surface area contributed by atoms with Crippen molar-refractivity contribution in [1.82, 2.24) is 20.4 Å². The maximum atomic E-state index is 13.5. The molecule has 0 aromatic heterocycles. The molecule has 14 heteroatoms. The molecular weight excluding hydrogens is 652 g/mol. The largest absolute Gasteiger partial charge is 0.478 e. The van der Waals surface area contributed by atoms with E-state index in [2.05, 4.69) is 39.8 Å². The number of nitrogens with zero attached hydrogens (tertiary/aromatic N) is 2. The Bertz CT molecular complexity index is 1240. The van der Waals surface area contributed by atoms with Crippen LogP contribution in [0.15, 0.2) is 42.5 Å². The summed E-state index contributed by atoms with van der Waals surface area (Å²) in [5.41, 5.74) is 0.635. The molecule has 2 atom stereocenters.